The summed E-state index contributed by atoms with van der Waals surface area (Å²) in [4.78, 5) is 29.7. The lowest BCUT2D eigenvalue weighted by atomic mass is 10.1. The Bertz CT molecular complexity index is 559. The molecule has 1 N–H and O–H groups in total. The van der Waals surface area contributed by atoms with Gasteiger partial charge in [0.2, 0.25) is 11.8 Å². The summed E-state index contributed by atoms with van der Waals surface area (Å²) in [5.74, 6) is -0.0508. The van der Waals surface area contributed by atoms with Gasteiger partial charge in [0.25, 0.3) is 0 Å². The van der Waals surface area contributed by atoms with Gasteiger partial charge in [0.15, 0.2) is 0 Å². The highest BCUT2D eigenvalue weighted by atomic mass is 16.2. The molecule has 2 amide bonds. The molecule has 0 bridgehead atoms. The predicted octanol–water partition coefficient (Wildman–Crippen LogP) is 0.927. The molecular weight excluding hydrogens is 292 g/mol. The molecule has 0 saturated heterocycles. The Morgan fingerprint density at radius 1 is 1.17 bits per heavy atom. The van der Waals surface area contributed by atoms with Crippen molar-refractivity contribution in [1.82, 2.24) is 10.2 Å². The normalized spacial score (nSPS) is 13.9. The predicted molar refractivity (Wildman–Crippen MR) is 92.9 cm³/mol. The Balaban J connectivity index is 2.06. The first kappa shape index (κ1) is 17.3. The zero-order valence-electron chi connectivity index (χ0n) is 14.2. The number of carbonyl (C=O) groups excluding carboxylic acids is 2. The van der Waals surface area contributed by atoms with Gasteiger partial charge in [-0.2, -0.15) is 0 Å². The second kappa shape index (κ2) is 7.97. The maximum atomic E-state index is 12.5. The molecule has 6 heteroatoms. The highest BCUT2D eigenvalue weighted by Crippen LogP contribution is 2.32. The number of amides is 2. The number of anilines is 2. The van der Waals surface area contributed by atoms with Gasteiger partial charge in [-0.15, -0.1) is 0 Å². The largest absolute Gasteiger partial charge is 0.367 e. The summed E-state index contributed by atoms with van der Waals surface area (Å²) in [7, 11) is 4.13. The lowest BCUT2D eigenvalue weighted by Crippen LogP contribution is -2.46. The molecule has 0 radical (unpaired) electrons. The van der Waals surface area contributed by atoms with Gasteiger partial charge < -0.3 is 20.0 Å². The molecule has 0 spiro atoms. The quantitative estimate of drug-likeness (QED) is 0.848. The van der Waals surface area contributed by atoms with Gasteiger partial charge in [-0.3, -0.25) is 9.59 Å². The van der Waals surface area contributed by atoms with E-state index < -0.39 is 0 Å². The zero-order valence-corrected chi connectivity index (χ0v) is 14.2. The number of hydrogen-bond acceptors (Lipinski definition) is 4. The minimum atomic E-state index is -0.105. The van der Waals surface area contributed by atoms with Crippen molar-refractivity contribution in [3.63, 3.8) is 0 Å². The van der Waals surface area contributed by atoms with Crippen molar-refractivity contribution >= 4 is 23.2 Å². The minimum absolute atomic E-state index is 0.0541. The third-order valence-electron chi connectivity index (χ3n) is 3.94. The van der Waals surface area contributed by atoms with Crippen LogP contribution in [0.5, 0.6) is 0 Å². The first-order valence-corrected chi connectivity index (χ1v) is 8.02. The van der Waals surface area contributed by atoms with Gasteiger partial charge in [0.1, 0.15) is 0 Å². The van der Waals surface area contributed by atoms with Gasteiger partial charge in [-0.1, -0.05) is 12.1 Å². The summed E-state index contributed by atoms with van der Waals surface area (Å²) in [6.07, 6.45) is 0.325. The van der Waals surface area contributed by atoms with E-state index in [-0.39, 0.29) is 11.8 Å². The van der Waals surface area contributed by atoms with Crippen LogP contribution in [0.25, 0.3) is 0 Å². The fourth-order valence-corrected chi connectivity index (χ4v) is 2.71. The van der Waals surface area contributed by atoms with Crippen molar-refractivity contribution in [2.45, 2.75) is 13.3 Å². The molecule has 0 aliphatic carbocycles. The number of rotatable bonds is 6. The van der Waals surface area contributed by atoms with Gasteiger partial charge in [0, 0.05) is 46.1 Å². The number of benzene rings is 1. The van der Waals surface area contributed by atoms with Crippen molar-refractivity contribution in [3.05, 3.63) is 24.3 Å². The Labute approximate surface area is 138 Å². The molecule has 23 heavy (non-hydrogen) atoms. The van der Waals surface area contributed by atoms with Crippen LogP contribution in [-0.4, -0.2) is 63.5 Å². The molecule has 0 unspecified atom stereocenters. The second-order valence-corrected chi connectivity index (χ2v) is 6.06. The molecule has 126 valence electrons. The van der Waals surface area contributed by atoms with E-state index in [0.717, 1.165) is 31.0 Å². The number of para-hydroxylation sites is 2. The number of likely N-dealkylation sites (N-methyl/N-ethyl adjacent to an activating group) is 1. The summed E-state index contributed by atoms with van der Waals surface area (Å²) in [5.41, 5.74) is 2.07. The summed E-state index contributed by atoms with van der Waals surface area (Å²) in [6.45, 7) is 5.28. The fourth-order valence-electron chi connectivity index (χ4n) is 2.71. The second-order valence-electron chi connectivity index (χ2n) is 6.06. The van der Waals surface area contributed by atoms with Crippen molar-refractivity contribution < 1.29 is 9.59 Å². The van der Waals surface area contributed by atoms with Crippen LogP contribution >= 0.6 is 0 Å². The molecule has 0 atom stereocenters. The van der Waals surface area contributed by atoms with Crippen molar-refractivity contribution in [3.8, 4) is 0 Å². The average Bonchev–Trinajstić information content (AvgIpc) is 2.51. The van der Waals surface area contributed by atoms with E-state index in [4.69, 9.17) is 0 Å². The topological polar surface area (TPSA) is 55.9 Å². The Hall–Kier alpha value is -2.08. The first-order chi connectivity index (χ1) is 11.0. The number of nitrogens with one attached hydrogen (secondary N) is 1. The van der Waals surface area contributed by atoms with Crippen LogP contribution in [0.15, 0.2) is 24.3 Å². The standard InChI is InChI=1S/C17H26N4O2/c1-14(22)18-9-8-17(23)21-13-12-20(11-10-19(2)3)15-6-4-5-7-16(15)21/h4-7H,8-13H2,1-3H3,(H,18,22). The van der Waals surface area contributed by atoms with Crippen LogP contribution in [0.4, 0.5) is 11.4 Å². The smallest absolute Gasteiger partial charge is 0.228 e. The highest BCUT2D eigenvalue weighted by molar-refractivity contribution is 5.98. The van der Waals surface area contributed by atoms with Gasteiger partial charge in [-0.25, -0.2) is 0 Å². The molecule has 1 aromatic rings. The third kappa shape index (κ3) is 4.69. The molecule has 0 aromatic heterocycles. The monoisotopic (exact) mass is 318 g/mol. The van der Waals surface area contributed by atoms with E-state index in [9.17, 15) is 9.59 Å². The molecule has 1 aliphatic heterocycles. The highest BCUT2D eigenvalue weighted by Gasteiger charge is 2.25. The number of nitrogens with zero attached hydrogens (tertiary/aromatic N) is 3. The van der Waals surface area contributed by atoms with Crippen molar-refractivity contribution in [2.75, 3.05) is 56.6 Å². The van der Waals surface area contributed by atoms with Crippen LogP contribution in [0.2, 0.25) is 0 Å². The molecule has 0 saturated carbocycles. The maximum absolute atomic E-state index is 12.5. The number of carbonyl (C=O) groups is 2. The fraction of sp³-hybridized carbons (Fsp3) is 0.529. The summed E-state index contributed by atoms with van der Waals surface area (Å²) in [5, 5.41) is 2.68. The number of fused-ring (bicyclic) bond motifs is 1. The van der Waals surface area contributed by atoms with Gasteiger partial charge in [0.05, 0.1) is 11.4 Å². The van der Waals surface area contributed by atoms with E-state index in [1.54, 1.807) is 0 Å². The first-order valence-electron chi connectivity index (χ1n) is 8.02. The summed E-state index contributed by atoms with van der Waals surface area (Å²) >= 11 is 0. The van der Waals surface area contributed by atoms with Crippen LogP contribution in [0.3, 0.4) is 0 Å². The lowest BCUT2D eigenvalue weighted by molar-refractivity contribution is -0.120. The van der Waals surface area contributed by atoms with E-state index in [1.807, 2.05) is 23.1 Å². The zero-order chi connectivity index (χ0) is 16.8. The summed E-state index contributed by atoms with van der Waals surface area (Å²) < 4.78 is 0. The molecule has 1 aromatic carbocycles. The Morgan fingerprint density at radius 2 is 1.87 bits per heavy atom. The number of hydrogen-bond donors (Lipinski definition) is 1. The van der Waals surface area contributed by atoms with Crippen LogP contribution < -0.4 is 15.1 Å². The molecule has 1 aliphatic rings. The molecule has 6 nitrogen and oxygen atoms in total. The molecule has 1 heterocycles. The van der Waals surface area contributed by atoms with Crippen molar-refractivity contribution in [2.24, 2.45) is 0 Å². The summed E-state index contributed by atoms with van der Waals surface area (Å²) in [6, 6.07) is 8.03. The molecular formula is C17H26N4O2. The minimum Gasteiger partial charge on any atom is -0.367 e. The van der Waals surface area contributed by atoms with E-state index in [2.05, 4.69) is 35.3 Å². The lowest BCUT2D eigenvalue weighted by Gasteiger charge is -2.38. The molecule has 0 fully saturated rings. The average molecular weight is 318 g/mol. The van der Waals surface area contributed by atoms with Crippen LogP contribution in [-0.2, 0) is 9.59 Å². The Morgan fingerprint density at radius 3 is 2.52 bits per heavy atom. The molecule has 2 rings (SSSR count). The van der Waals surface area contributed by atoms with E-state index in [0.29, 0.717) is 19.5 Å². The SMILES string of the molecule is CC(=O)NCCC(=O)N1CCN(CCN(C)C)c2ccccc21. The van der Waals surface area contributed by atoms with E-state index >= 15 is 0 Å². The maximum Gasteiger partial charge on any atom is 0.228 e. The Kier molecular flexibility index (Phi) is 5.98. The van der Waals surface area contributed by atoms with E-state index in [1.165, 1.54) is 6.92 Å². The van der Waals surface area contributed by atoms with Gasteiger partial charge >= 0.3 is 0 Å². The van der Waals surface area contributed by atoms with Crippen LogP contribution in [0, 0.1) is 0 Å². The van der Waals surface area contributed by atoms with Crippen molar-refractivity contribution in [1.29, 1.82) is 0 Å². The van der Waals surface area contributed by atoms with Crippen LogP contribution in [0.1, 0.15) is 13.3 Å². The third-order valence-corrected chi connectivity index (χ3v) is 3.94. The van der Waals surface area contributed by atoms with Gasteiger partial charge in [-0.05, 0) is 26.2 Å².